The van der Waals surface area contributed by atoms with Gasteiger partial charge in [-0.25, -0.2) is 4.79 Å². The van der Waals surface area contributed by atoms with Gasteiger partial charge in [0.2, 0.25) is 0 Å². The molecule has 1 heterocycles. The number of aliphatic hydroxyl groups excluding tert-OH is 1. The molecule has 5 heteroatoms. The first kappa shape index (κ1) is 23.1. The van der Waals surface area contributed by atoms with E-state index in [1.54, 1.807) is 36.4 Å². The van der Waals surface area contributed by atoms with Gasteiger partial charge in [-0.2, -0.15) is 0 Å². The van der Waals surface area contributed by atoms with Crippen LogP contribution in [0.15, 0.2) is 87.6 Å². The molecule has 1 aromatic heterocycles. The molecule has 0 saturated carbocycles. The van der Waals surface area contributed by atoms with Crippen molar-refractivity contribution in [3.63, 3.8) is 0 Å². The number of carbonyl (C=O) groups excluding carboxylic acids is 1. The van der Waals surface area contributed by atoms with Crippen molar-refractivity contribution in [3.05, 3.63) is 117 Å². The van der Waals surface area contributed by atoms with Crippen LogP contribution in [0.5, 0.6) is 5.75 Å². The summed E-state index contributed by atoms with van der Waals surface area (Å²) in [5.41, 5.74) is 2.31. The lowest BCUT2D eigenvalue weighted by Gasteiger charge is -2.22. The third-order valence-electron chi connectivity index (χ3n) is 6.15. The maximum Gasteiger partial charge on any atom is 0.344 e. The Hall–Kier alpha value is -4.12. The summed E-state index contributed by atoms with van der Waals surface area (Å²) in [6.07, 6.45) is 0.818. The van der Waals surface area contributed by atoms with Gasteiger partial charge in [0.1, 0.15) is 17.1 Å². The van der Waals surface area contributed by atoms with Crippen molar-refractivity contribution in [1.29, 1.82) is 0 Å². The van der Waals surface area contributed by atoms with E-state index in [1.807, 2.05) is 50.2 Å². The molecule has 0 aliphatic rings. The molecule has 0 bridgehead atoms. The molecule has 34 heavy (non-hydrogen) atoms. The summed E-state index contributed by atoms with van der Waals surface area (Å²) < 4.78 is 5.53. The molecule has 1 unspecified atom stereocenters. The normalized spacial score (nSPS) is 12.9. The molecule has 0 fully saturated rings. The Kier molecular flexibility index (Phi) is 6.37. The lowest BCUT2D eigenvalue weighted by atomic mass is 9.81. The van der Waals surface area contributed by atoms with E-state index in [-0.39, 0.29) is 28.2 Å². The number of para-hydroxylation sites is 1. The predicted octanol–water partition coefficient (Wildman–Crippen LogP) is 6.06. The number of carbonyl (C=O) groups is 1. The number of Topliss-reactive ketones (excluding diaryl/α,β-unsaturated/α-hetero) is 1. The van der Waals surface area contributed by atoms with Crippen molar-refractivity contribution in [3.8, 4) is 5.75 Å². The standard InChI is InChI=1S/C29H26O5/c1-4-19-13-15-20(16-14-19)25(24(18(3)30)27(31)21-10-6-5-9-17(21)2)26-28(32)22-11-7-8-12-23(22)34-29(26)33/h5-16,25,31-32H,4H2,1-3H3/b27-24-. The average Bonchev–Trinajstić information content (AvgIpc) is 2.83. The second-order valence-electron chi connectivity index (χ2n) is 8.31. The fourth-order valence-electron chi connectivity index (χ4n) is 4.32. The Labute approximate surface area is 197 Å². The third kappa shape index (κ3) is 4.13. The molecule has 4 aromatic rings. The number of hydrogen-bond donors (Lipinski definition) is 2. The van der Waals surface area contributed by atoms with Gasteiger partial charge in [-0.15, -0.1) is 0 Å². The molecule has 2 N–H and O–H groups in total. The number of ketones is 1. The number of allylic oxidation sites excluding steroid dienone is 1. The van der Waals surface area contributed by atoms with E-state index in [0.29, 0.717) is 16.5 Å². The fraction of sp³-hybridized carbons (Fsp3) is 0.172. The van der Waals surface area contributed by atoms with E-state index in [2.05, 4.69) is 0 Å². The van der Waals surface area contributed by atoms with Gasteiger partial charge in [0.15, 0.2) is 5.78 Å². The number of rotatable bonds is 6. The van der Waals surface area contributed by atoms with Crippen LogP contribution in [0.1, 0.15) is 47.6 Å². The van der Waals surface area contributed by atoms with E-state index in [0.717, 1.165) is 17.5 Å². The van der Waals surface area contributed by atoms with Crippen LogP contribution in [0.4, 0.5) is 0 Å². The molecule has 5 nitrogen and oxygen atoms in total. The first-order chi connectivity index (χ1) is 16.3. The molecule has 0 aliphatic carbocycles. The summed E-state index contributed by atoms with van der Waals surface area (Å²) in [7, 11) is 0. The van der Waals surface area contributed by atoms with Crippen molar-refractivity contribution in [2.75, 3.05) is 0 Å². The number of fused-ring (bicyclic) bond motifs is 1. The number of aryl methyl sites for hydroxylation is 2. The van der Waals surface area contributed by atoms with Gasteiger partial charge in [-0.1, -0.05) is 67.6 Å². The highest BCUT2D eigenvalue weighted by Crippen LogP contribution is 2.41. The molecule has 0 spiro atoms. The highest BCUT2D eigenvalue weighted by atomic mass is 16.4. The van der Waals surface area contributed by atoms with Gasteiger partial charge in [0, 0.05) is 11.1 Å². The van der Waals surface area contributed by atoms with Crippen molar-refractivity contribution in [1.82, 2.24) is 0 Å². The summed E-state index contributed by atoms with van der Waals surface area (Å²) in [6.45, 7) is 5.20. The minimum absolute atomic E-state index is 0.0106. The predicted molar refractivity (Wildman–Crippen MR) is 133 cm³/mol. The number of aromatic hydroxyl groups is 1. The molecule has 0 amide bonds. The zero-order valence-corrected chi connectivity index (χ0v) is 19.3. The zero-order chi connectivity index (χ0) is 24.4. The van der Waals surface area contributed by atoms with E-state index in [1.165, 1.54) is 6.92 Å². The monoisotopic (exact) mass is 454 g/mol. The third-order valence-corrected chi connectivity index (χ3v) is 6.15. The van der Waals surface area contributed by atoms with Crippen LogP contribution in [-0.4, -0.2) is 16.0 Å². The van der Waals surface area contributed by atoms with Crippen molar-refractivity contribution in [2.24, 2.45) is 0 Å². The van der Waals surface area contributed by atoms with Crippen molar-refractivity contribution < 1.29 is 19.4 Å². The number of benzene rings is 3. The smallest absolute Gasteiger partial charge is 0.344 e. The summed E-state index contributed by atoms with van der Waals surface area (Å²) in [5.74, 6) is -1.96. The van der Waals surface area contributed by atoms with Crippen LogP contribution in [0.25, 0.3) is 16.7 Å². The Morgan fingerprint density at radius 3 is 2.26 bits per heavy atom. The highest BCUT2D eigenvalue weighted by Gasteiger charge is 2.33. The Morgan fingerprint density at radius 2 is 1.62 bits per heavy atom. The summed E-state index contributed by atoms with van der Waals surface area (Å²) >= 11 is 0. The molecule has 0 saturated heterocycles. The lowest BCUT2D eigenvalue weighted by molar-refractivity contribution is -0.113. The topological polar surface area (TPSA) is 87.7 Å². The largest absolute Gasteiger partial charge is 0.507 e. The van der Waals surface area contributed by atoms with E-state index >= 15 is 0 Å². The molecule has 1 atom stereocenters. The molecule has 4 rings (SSSR count). The lowest BCUT2D eigenvalue weighted by Crippen LogP contribution is -2.20. The van der Waals surface area contributed by atoms with E-state index < -0.39 is 17.3 Å². The van der Waals surface area contributed by atoms with E-state index in [4.69, 9.17) is 4.42 Å². The molecular formula is C29H26O5. The minimum Gasteiger partial charge on any atom is -0.507 e. The minimum atomic E-state index is -1.04. The van der Waals surface area contributed by atoms with Crippen LogP contribution >= 0.6 is 0 Å². The Bertz CT molecular complexity index is 1460. The molecule has 172 valence electrons. The van der Waals surface area contributed by atoms with Crippen molar-refractivity contribution >= 4 is 22.5 Å². The Balaban J connectivity index is 2.09. The van der Waals surface area contributed by atoms with E-state index in [9.17, 15) is 19.8 Å². The zero-order valence-electron chi connectivity index (χ0n) is 19.3. The van der Waals surface area contributed by atoms with Crippen LogP contribution in [-0.2, 0) is 11.2 Å². The Morgan fingerprint density at radius 1 is 0.971 bits per heavy atom. The molecule has 0 aliphatic heterocycles. The van der Waals surface area contributed by atoms with Gasteiger partial charge in [-0.3, -0.25) is 4.79 Å². The first-order valence-corrected chi connectivity index (χ1v) is 11.2. The maximum absolute atomic E-state index is 13.2. The fourth-order valence-corrected chi connectivity index (χ4v) is 4.32. The molecular weight excluding hydrogens is 428 g/mol. The van der Waals surface area contributed by atoms with Gasteiger partial charge in [-0.05, 0) is 49.1 Å². The number of hydrogen-bond acceptors (Lipinski definition) is 5. The molecule has 0 radical (unpaired) electrons. The van der Waals surface area contributed by atoms with Gasteiger partial charge < -0.3 is 14.6 Å². The summed E-state index contributed by atoms with van der Waals surface area (Å²) in [4.78, 5) is 26.2. The summed E-state index contributed by atoms with van der Waals surface area (Å²) in [5, 5.41) is 22.9. The van der Waals surface area contributed by atoms with Crippen LogP contribution in [0.2, 0.25) is 0 Å². The van der Waals surface area contributed by atoms with Gasteiger partial charge in [0.05, 0.1) is 16.9 Å². The van der Waals surface area contributed by atoms with Crippen LogP contribution < -0.4 is 5.63 Å². The second-order valence-corrected chi connectivity index (χ2v) is 8.31. The second kappa shape index (κ2) is 9.40. The van der Waals surface area contributed by atoms with Crippen LogP contribution in [0, 0.1) is 6.92 Å². The number of aliphatic hydroxyl groups is 1. The molecule has 3 aromatic carbocycles. The van der Waals surface area contributed by atoms with Crippen LogP contribution in [0.3, 0.4) is 0 Å². The average molecular weight is 455 g/mol. The highest BCUT2D eigenvalue weighted by molar-refractivity contribution is 6.02. The maximum atomic E-state index is 13.2. The van der Waals surface area contributed by atoms with Crippen molar-refractivity contribution in [2.45, 2.75) is 33.1 Å². The van der Waals surface area contributed by atoms with Gasteiger partial charge >= 0.3 is 5.63 Å². The quantitative estimate of drug-likeness (QED) is 0.210. The first-order valence-electron chi connectivity index (χ1n) is 11.2. The summed E-state index contributed by atoms with van der Waals surface area (Å²) in [6, 6.07) is 21.3. The SMILES string of the molecule is CCc1ccc(C(/C(C(C)=O)=C(\O)c2ccccc2C)c2c(O)c3ccccc3oc2=O)cc1. The van der Waals surface area contributed by atoms with Gasteiger partial charge in [0.25, 0.3) is 0 Å².